The second-order valence-electron chi connectivity index (χ2n) is 4.60. The third-order valence-electron chi connectivity index (χ3n) is 2.95. The number of benzene rings is 2. The monoisotopic (exact) mass is 307 g/mol. The molecule has 4 N–H and O–H groups in total. The largest absolute Gasteiger partial charge is 0.494 e. The molecule has 0 atom stereocenters. The van der Waals surface area contributed by atoms with E-state index in [1.54, 1.807) is 0 Å². The van der Waals surface area contributed by atoms with Gasteiger partial charge < -0.3 is 16.2 Å². The quantitative estimate of drug-likeness (QED) is 0.468. The molecule has 21 heavy (non-hydrogen) atoms. The Kier molecular flexibility index (Phi) is 5.68. The molecule has 4 nitrogen and oxygen atoms in total. The number of aliphatic imine (C=N–C) groups is 1. The number of guanidine groups is 1. The molecule has 0 radical (unpaired) electrons. The summed E-state index contributed by atoms with van der Waals surface area (Å²) in [6, 6.07) is 11.9. The summed E-state index contributed by atoms with van der Waals surface area (Å²) in [4.78, 5) is 3.99. The molecule has 0 aromatic heterocycles. The van der Waals surface area contributed by atoms with Gasteiger partial charge >= 0.3 is 0 Å². The molecule has 0 fully saturated rings. The molecule has 0 saturated heterocycles. The molecule has 2 rings (SSSR count). The summed E-state index contributed by atoms with van der Waals surface area (Å²) in [6.45, 7) is 0.989. The lowest BCUT2D eigenvalue weighted by Gasteiger charge is -2.07. The number of hydrogen-bond donors (Lipinski definition) is 2. The van der Waals surface area contributed by atoms with Crippen molar-refractivity contribution >= 4 is 28.9 Å². The van der Waals surface area contributed by atoms with Crippen molar-refractivity contribution in [2.45, 2.75) is 13.0 Å². The van der Waals surface area contributed by atoms with Crippen LogP contribution in [0.4, 0.5) is 3.89 Å². The zero-order valence-electron chi connectivity index (χ0n) is 11.6. The van der Waals surface area contributed by atoms with E-state index in [1.165, 1.54) is 0 Å². The van der Waals surface area contributed by atoms with Crippen LogP contribution in [-0.4, -0.2) is 18.3 Å². The minimum atomic E-state index is 0.0882. The predicted molar refractivity (Wildman–Crippen MR) is 87.1 cm³/mol. The molecule has 6 heteroatoms. The zero-order chi connectivity index (χ0) is 15.1. The Bertz CT molecular complexity index is 629. The number of hydrogen-bond acceptors (Lipinski definition) is 3. The number of halogens is 1. The lowest BCUT2D eigenvalue weighted by atomic mass is 10.1. The van der Waals surface area contributed by atoms with Crippen molar-refractivity contribution in [3.8, 4) is 5.75 Å². The van der Waals surface area contributed by atoms with E-state index in [-0.39, 0.29) is 5.96 Å². The lowest BCUT2D eigenvalue weighted by Crippen LogP contribution is -2.22. The summed E-state index contributed by atoms with van der Waals surface area (Å²) in [5, 5.41) is 2.19. The fourth-order valence-electron chi connectivity index (χ4n) is 1.95. The maximum absolute atomic E-state index is 11.9. The van der Waals surface area contributed by atoms with Crippen molar-refractivity contribution in [2.75, 3.05) is 12.4 Å². The zero-order valence-corrected chi connectivity index (χ0v) is 12.4. The Labute approximate surface area is 127 Å². The van der Waals surface area contributed by atoms with Crippen LogP contribution >= 0.6 is 12.1 Å². The molecule has 2 aromatic rings. The van der Waals surface area contributed by atoms with Crippen LogP contribution in [0.15, 0.2) is 41.4 Å². The summed E-state index contributed by atoms with van der Waals surface area (Å²) in [6.07, 6.45) is 0.691. The highest BCUT2D eigenvalue weighted by Crippen LogP contribution is 2.22. The summed E-state index contributed by atoms with van der Waals surface area (Å²) < 4.78 is 17.5. The fraction of sp³-hybridized carbons (Fsp3) is 0.267. The number of nitrogens with two attached hydrogens (primary N) is 2. The van der Waals surface area contributed by atoms with Crippen LogP contribution in [-0.2, 0) is 6.54 Å². The van der Waals surface area contributed by atoms with Crippen LogP contribution in [0.1, 0.15) is 12.0 Å². The Morgan fingerprint density at radius 2 is 1.90 bits per heavy atom. The third-order valence-corrected chi connectivity index (χ3v) is 3.40. The second kappa shape index (κ2) is 7.73. The minimum Gasteiger partial charge on any atom is -0.494 e. The van der Waals surface area contributed by atoms with Gasteiger partial charge in [0, 0.05) is 17.9 Å². The Hall–Kier alpha value is -1.95. The van der Waals surface area contributed by atoms with Gasteiger partial charge in [-0.15, -0.1) is 0 Å². The first-order valence-corrected chi connectivity index (χ1v) is 7.52. The number of nitrogens with zero attached hydrogens (tertiary/aromatic N) is 1. The van der Waals surface area contributed by atoms with E-state index in [1.807, 2.05) is 36.4 Å². The highest BCUT2D eigenvalue weighted by molar-refractivity contribution is 7.94. The molecule has 0 aliphatic heterocycles. The first kappa shape index (κ1) is 15.4. The SMILES string of the molecule is NC(N)=NCc1ccc2cc(OCCCSF)ccc2c1. The first-order valence-electron chi connectivity index (χ1n) is 6.63. The number of ether oxygens (including phenoxy) is 1. The Morgan fingerprint density at radius 1 is 1.14 bits per heavy atom. The van der Waals surface area contributed by atoms with Gasteiger partial charge in [-0.25, -0.2) is 4.99 Å². The molecular weight excluding hydrogens is 289 g/mol. The van der Waals surface area contributed by atoms with Crippen LogP contribution in [0.3, 0.4) is 0 Å². The highest BCUT2D eigenvalue weighted by Gasteiger charge is 2.00. The molecule has 112 valence electrons. The molecule has 0 aliphatic carbocycles. The van der Waals surface area contributed by atoms with E-state index < -0.39 is 0 Å². The molecule has 0 aliphatic rings. The number of rotatable bonds is 7. The first-order chi connectivity index (χ1) is 10.2. The van der Waals surface area contributed by atoms with Crippen molar-refractivity contribution in [1.82, 2.24) is 0 Å². The fourth-order valence-corrected chi connectivity index (χ4v) is 2.17. The number of fused-ring (bicyclic) bond motifs is 1. The molecule has 0 bridgehead atoms. The average molecular weight is 307 g/mol. The van der Waals surface area contributed by atoms with E-state index >= 15 is 0 Å². The smallest absolute Gasteiger partial charge is 0.186 e. The summed E-state index contributed by atoms with van der Waals surface area (Å²) in [7, 11) is 0. The van der Waals surface area contributed by atoms with Crippen molar-refractivity contribution < 1.29 is 8.62 Å². The molecule has 0 spiro atoms. The van der Waals surface area contributed by atoms with Gasteiger partial charge in [0.05, 0.1) is 13.2 Å². The van der Waals surface area contributed by atoms with Gasteiger partial charge in [-0.1, -0.05) is 18.2 Å². The maximum atomic E-state index is 11.9. The molecule has 0 unspecified atom stereocenters. The van der Waals surface area contributed by atoms with Gasteiger partial charge in [0.25, 0.3) is 0 Å². The lowest BCUT2D eigenvalue weighted by molar-refractivity contribution is 0.319. The predicted octanol–water partition coefficient (Wildman–Crippen LogP) is 3.00. The Balaban J connectivity index is 2.06. The molecule has 0 saturated carbocycles. The third kappa shape index (κ3) is 4.82. The molecule has 0 heterocycles. The van der Waals surface area contributed by atoms with Gasteiger partial charge in [-0.05, 0) is 41.0 Å². The van der Waals surface area contributed by atoms with Crippen LogP contribution < -0.4 is 16.2 Å². The standard InChI is InChI=1S/C15H18FN3OS/c16-21-7-1-6-20-14-5-4-12-8-11(10-19-15(17)18)2-3-13(12)9-14/h2-5,8-9H,1,6-7,10H2,(H4,17,18,19). The molecule has 2 aromatic carbocycles. The van der Waals surface area contributed by atoms with Gasteiger partial charge in [0.15, 0.2) is 5.96 Å². The van der Waals surface area contributed by atoms with Crippen LogP contribution in [0.5, 0.6) is 5.75 Å². The van der Waals surface area contributed by atoms with E-state index in [0.29, 0.717) is 37.5 Å². The van der Waals surface area contributed by atoms with E-state index in [0.717, 1.165) is 22.1 Å². The van der Waals surface area contributed by atoms with E-state index in [9.17, 15) is 3.89 Å². The minimum absolute atomic E-state index is 0.0882. The van der Waals surface area contributed by atoms with Crippen molar-refractivity contribution in [3.05, 3.63) is 42.0 Å². The van der Waals surface area contributed by atoms with E-state index in [4.69, 9.17) is 16.2 Å². The molecule has 0 amide bonds. The van der Waals surface area contributed by atoms with Gasteiger partial charge in [0.1, 0.15) is 5.75 Å². The van der Waals surface area contributed by atoms with Crippen LogP contribution in [0.2, 0.25) is 0 Å². The van der Waals surface area contributed by atoms with Crippen molar-refractivity contribution in [2.24, 2.45) is 16.5 Å². The highest BCUT2D eigenvalue weighted by atomic mass is 32.2. The summed E-state index contributed by atoms with van der Waals surface area (Å²) in [5.41, 5.74) is 11.7. The van der Waals surface area contributed by atoms with Crippen molar-refractivity contribution in [3.63, 3.8) is 0 Å². The van der Waals surface area contributed by atoms with Crippen LogP contribution in [0, 0.1) is 0 Å². The topological polar surface area (TPSA) is 73.6 Å². The molecular formula is C15H18FN3OS. The van der Waals surface area contributed by atoms with Gasteiger partial charge in [-0.2, -0.15) is 3.89 Å². The normalized spacial score (nSPS) is 10.5. The van der Waals surface area contributed by atoms with Crippen molar-refractivity contribution in [1.29, 1.82) is 0 Å². The summed E-state index contributed by atoms with van der Waals surface area (Å²) >= 11 is 0.339. The maximum Gasteiger partial charge on any atom is 0.186 e. The Morgan fingerprint density at radius 3 is 2.67 bits per heavy atom. The van der Waals surface area contributed by atoms with Crippen LogP contribution in [0.25, 0.3) is 10.8 Å². The summed E-state index contributed by atoms with van der Waals surface area (Å²) in [5.74, 6) is 1.34. The average Bonchev–Trinajstić information content (AvgIpc) is 2.49. The van der Waals surface area contributed by atoms with Gasteiger partial charge in [0.2, 0.25) is 0 Å². The second-order valence-corrected chi connectivity index (χ2v) is 5.23. The van der Waals surface area contributed by atoms with E-state index in [2.05, 4.69) is 4.99 Å². The van der Waals surface area contributed by atoms with Gasteiger partial charge in [-0.3, -0.25) is 0 Å².